The molecule has 0 unspecified atom stereocenters. The third-order valence-corrected chi connectivity index (χ3v) is 1.87. The molecule has 6 heteroatoms. The SMILES string of the molecule is CC(C)(O)c1cn(CCOCCO)nn1. The summed E-state index contributed by atoms with van der Waals surface area (Å²) in [6, 6.07) is 0. The molecule has 2 N–H and O–H groups in total. The van der Waals surface area contributed by atoms with Gasteiger partial charge in [-0.2, -0.15) is 0 Å². The van der Waals surface area contributed by atoms with Crippen molar-refractivity contribution in [1.82, 2.24) is 15.0 Å². The van der Waals surface area contributed by atoms with Crippen LogP contribution in [0.15, 0.2) is 6.20 Å². The van der Waals surface area contributed by atoms with Crippen molar-refractivity contribution in [2.24, 2.45) is 0 Å². The number of ether oxygens (including phenoxy) is 1. The highest BCUT2D eigenvalue weighted by molar-refractivity contribution is 5.02. The van der Waals surface area contributed by atoms with Crippen molar-refractivity contribution in [2.45, 2.75) is 26.0 Å². The normalized spacial score (nSPS) is 12.0. The Bertz CT molecular complexity index is 293. The molecule has 0 aliphatic carbocycles. The number of rotatable bonds is 6. The highest BCUT2D eigenvalue weighted by Crippen LogP contribution is 2.15. The monoisotopic (exact) mass is 215 g/mol. The van der Waals surface area contributed by atoms with Crippen LogP contribution in [0.25, 0.3) is 0 Å². The van der Waals surface area contributed by atoms with Gasteiger partial charge in [-0.3, -0.25) is 0 Å². The van der Waals surface area contributed by atoms with E-state index in [0.29, 0.717) is 25.5 Å². The summed E-state index contributed by atoms with van der Waals surface area (Å²) in [6.07, 6.45) is 1.68. The minimum Gasteiger partial charge on any atom is -0.394 e. The zero-order valence-corrected chi connectivity index (χ0v) is 9.05. The molecule has 0 radical (unpaired) electrons. The molecular formula is C9H17N3O3. The Balaban J connectivity index is 2.40. The van der Waals surface area contributed by atoms with E-state index in [0.717, 1.165) is 0 Å². The molecule has 0 atom stereocenters. The van der Waals surface area contributed by atoms with E-state index in [9.17, 15) is 5.11 Å². The molecule has 0 spiro atoms. The zero-order valence-electron chi connectivity index (χ0n) is 9.05. The van der Waals surface area contributed by atoms with Crippen molar-refractivity contribution in [2.75, 3.05) is 19.8 Å². The maximum absolute atomic E-state index is 9.63. The third kappa shape index (κ3) is 3.94. The summed E-state index contributed by atoms with van der Waals surface area (Å²) < 4.78 is 6.68. The molecule has 1 aromatic rings. The second-order valence-corrected chi connectivity index (χ2v) is 3.76. The summed E-state index contributed by atoms with van der Waals surface area (Å²) in [5, 5.41) is 25.8. The number of hydrogen-bond donors (Lipinski definition) is 2. The minimum atomic E-state index is -0.968. The molecule has 1 aromatic heterocycles. The van der Waals surface area contributed by atoms with Gasteiger partial charge in [-0.15, -0.1) is 5.10 Å². The first-order chi connectivity index (χ1) is 7.04. The molecule has 0 aliphatic heterocycles. The van der Waals surface area contributed by atoms with Gasteiger partial charge in [0.1, 0.15) is 11.3 Å². The zero-order chi connectivity index (χ0) is 11.3. The van der Waals surface area contributed by atoms with Crippen molar-refractivity contribution in [3.8, 4) is 0 Å². The second kappa shape index (κ2) is 5.20. The van der Waals surface area contributed by atoms with E-state index in [2.05, 4.69) is 10.3 Å². The summed E-state index contributed by atoms with van der Waals surface area (Å²) in [4.78, 5) is 0. The van der Waals surface area contributed by atoms with Crippen molar-refractivity contribution >= 4 is 0 Å². The Labute approximate surface area is 88.5 Å². The van der Waals surface area contributed by atoms with Gasteiger partial charge in [0.25, 0.3) is 0 Å². The Hall–Kier alpha value is -0.980. The van der Waals surface area contributed by atoms with E-state index in [1.165, 1.54) is 0 Å². The van der Waals surface area contributed by atoms with Gasteiger partial charge in [-0.05, 0) is 13.8 Å². The topological polar surface area (TPSA) is 80.4 Å². The van der Waals surface area contributed by atoms with Crippen LogP contribution < -0.4 is 0 Å². The Morgan fingerprint density at radius 1 is 1.47 bits per heavy atom. The molecular weight excluding hydrogens is 198 g/mol. The molecule has 0 saturated heterocycles. The lowest BCUT2D eigenvalue weighted by atomic mass is 10.1. The Morgan fingerprint density at radius 2 is 2.20 bits per heavy atom. The van der Waals surface area contributed by atoms with E-state index in [4.69, 9.17) is 9.84 Å². The largest absolute Gasteiger partial charge is 0.394 e. The summed E-state index contributed by atoms with van der Waals surface area (Å²) in [5.74, 6) is 0. The van der Waals surface area contributed by atoms with E-state index in [-0.39, 0.29) is 6.61 Å². The summed E-state index contributed by atoms with van der Waals surface area (Å²) in [6.45, 7) is 4.69. The van der Waals surface area contributed by atoms with Gasteiger partial charge in [-0.1, -0.05) is 5.21 Å². The van der Waals surface area contributed by atoms with E-state index in [1.807, 2.05) is 0 Å². The molecule has 0 fully saturated rings. The van der Waals surface area contributed by atoms with Crippen LogP contribution in [0.3, 0.4) is 0 Å². The van der Waals surface area contributed by atoms with E-state index >= 15 is 0 Å². The Kier molecular flexibility index (Phi) is 4.19. The fourth-order valence-electron chi connectivity index (χ4n) is 1.01. The lowest BCUT2D eigenvalue weighted by molar-refractivity contribution is 0.0735. The lowest BCUT2D eigenvalue weighted by Crippen LogP contribution is -2.16. The number of nitrogens with zero attached hydrogens (tertiary/aromatic N) is 3. The maximum Gasteiger partial charge on any atom is 0.114 e. The molecule has 86 valence electrons. The fourth-order valence-corrected chi connectivity index (χ4v) is 1.01. The number of aliphatic hydroxyl groups excluding tert-OH is 1. The van der Waals surface area contributed by atoms with Gasteiger partial charge in [0, 0.05) is 0 Å². The van der Waals surface area contributed by atoms with Crippen molar-refractivity contribution in [1.29, 1.82) is 0 Å². The van der Waals surface area contributed by atoms with E-state index < -0.39 is 5.60 Å². The second-order valence-electron chi connectivity index (χ2n) is 3.76. The molecule has 0 aliphatic rings. The first-order valence-electron chi connectivity index (χ1n) is 4.85. The Morgan fingerprint density at radius 3 is 2.73 bits per heavy atom. The van der Waals surface area contributed by atoms with Crippen LogP contribution in [0.2, 0.25) is 0 Å². The van der Waals surface area contributed by atoms with Crippen molar-refractivity contribution in [3.05, 3.63) is 11.9 Å². The van der Waals surface area contributed by atoms with Crippen LogP contribution in [0.1, 0.15) is 19.5 Å². The van der Waals surface area contributed by atoms with Crippen LogP contribution in [0.5, 0.6) is 0 Å². The highest BCUT2D eigenvalue weighted by atomic mass is 16.5. The molecule has 0 aromatic carbocycles. The molecule has 0 amide bonds. The number of aliphatic hydroxyl groups is 2. The number of hydrogen-bond acceptors (Lipinski definition) is 5. The van der Waals surface area contributed by atoms with Gasteiger partial charge in [0.05, 0.1) is 32.6 Å². The lowest BCUT2D eigenvalue weighted by Gasteiger charge is -2.11. The first kappa shape index (κ1) is 12.1. The van der Waals surface area contributed by atoms with Gasteiger partial charge in [-0.25, -0.2) is 4.68 Å². The number of aromatic nitrogens is 3. The molecule has 1 heterocycles. The van der Waals surface area contributed by atoms with Crippen LogP contribution in [0.4, 0.5) is 0 Å². The predicted octanol–water partition coefficient (Wildman–Crippen LogP) is -0.486. The maximum atomic E-state index is 9.63. The van der Waals surface area contributed by atoms with Gasteiger partial charge in [0.15, 0.2) is 0 Å². The first-order valence-corrected chi connectivity index (χ1v) is 4.85. The van der Waals surface area contributed by atoms with Crippen LogP contribution in [-0.2, 0) is 16.9 Å². The smallest absolute Gasteiger partial charge is 0.114 e. The van der Waals surface area contributed by atoms with E-state index in [1.54, 1.807) is 24.7 Å². The van der Waals surface area contributed by atoms with Crippen molar-refractivity contribution in [3.63, 3.8) is 0 Å². The van der Waals surface area contributed by atoms with Crippen LogP contribution >= 0.6 is 0 Å². The van der Waals surface area contributed by atoms with Gasteiger partial charge >= 0.3 is 0 Å². The van der Waals surface area contributed by atoms with Crippen LogP contribution in [-0.4, -0.2) is 45.0 Å². The van der Waals surface area contributed by atoms with Gasteiger partial charge in [0.2, 0.25) is 0 Å². The quantitative estimate of drug-likeness (QED) is 0.626. The van der Waals surface area contributed by atoms with Crippen molar-refractivity contribution < 1.29 is 14.9 Å². The predicted molar refractivity (Wildman–Crippen MR) is 53.2 cm³/mol. The summed E-state index contributed by atoms with van der Waals surface area (Å²) in [5.41, 5.74) is -0.436. The summed E-state index contributed by atoms with van der Waals surface area (Å²) in [7, 11) is 0. The average Bonchev–Trinajstić information content (AvgIpc) is 2.60. The third-order valence-electron chi connectivity index (χ3n) is 1.87. The average molecular weight is 215 g/mol. The fraction of sp³-hybridized carbons (Fsp3) is 0.778. The molecule has 15 heavy (non-hydrogen) atoms. The standard InChI is InChI=1S/C9H17N3O3/c1-9(2,14)8-7-12(11-10-8)3-5-15-6-4-13/h7,13-14H,3-6H2,1-2H3. The minimum absolute atomic E-state index is 0.0201. The molecule has 1 rings (SSSR count). The van der Waals surface area contributed by atoms with Gasteiger partial charge < -0.3 is 14.9 Å². The molecule has 0 saturated carbocycles. The summed E-state index contributed by atoms with van der Waals surface area (Å²) >= 11 is 0. The van der Waals surface area contributed by atoms with Crippen LogP contribution in [0, 0.1) is 0 Å². The molecule has 0 bridgehead atoms. The highest BCUT2D eigenvalue weighted by Gasteiger charge is 2.19. The molecule has 6 nitrogen and oxygen atoms in total.